The van der Waals surface area contributed by atoms with E-state index in [2.05, 4.69) is 5.32 Å². The molecule has 0 unspecified atom stereocenters. The van der Waals surface area contributed by atoms with Crippen molar-refractivity contribution in [3.05, 3.63) is 51.2 Å². The molecule has 0 atom stereocenters. The summed E-state index contributed by atoms with van der Waals surface area (Å²) in [5, 5.41) is 11.4. The van der Waals surface area contributed by atoms with E-state index in [9.17, 15) is 22.8 Å². The maximum atomic E-state index is 12.3. The van der Waals surface area contributed by atoms with Gasteiger partial charge in [-0.3, -0.25) is 4.79 Å². The molecular formula is C16H14F3NO4S. The highest BCUT2D eigenvalue weighted by molar-refractivity contribution is 7.15. The van der Waals surface area contributed by atoms with Gasteiger partial charge in [0.25, 0.3) is 5.91 Å². The number of aromatic carboxylic acids is 1. The SMILES string of the molecule is Cc1ccc(CNC(=O)c2ccc(C(=O)O)s2)c(OCC(F)(F)F)c1. The number of carbonyl (C=O) groups excluding carboxylic acids is 1. The van der Waals surface area contributed by atoms with Crippen molar-refractivity contribution in [2.75, 3.05) is 6.61 Å². The topological polar surface area (TPSA) is 75.6 Å². The molecule has 1 amide bonds. The zero-order valence-corrected chi connectivity index (χ0v) is 13.8. The number of carbonyl (C=O) groups is 2. The molecule has 0 aliphatic heterocycles. The van der Waals surface area contributed by atoms with Gasteiger partial charge in [-0.2, -0.15) is 13.2 Å². The van der Waals surface area contributed by atoms with Crippen LogP contribution in [0.3, 0.4) is 0 Å². The maximum Gasteiger partial charge on any atom is 0.422 e. The fourth-order valence-corrected chi connectivity index (χ4v) is 2.70. The number of thiophene rings is 1. The molecule has 0 aliphatic carbocycles. The number of hydrogen-bond donors (Lipinski definition) is 2. The molecule has 0 fully saturated rings. The van der Waals surface area contributed by atoms with Crippen LogP contribution < -0.4 is 10.1 Å². The van der Waals surface area contributed by atoms with Gasteiger partial charge in [-0.25, -0.2) is 4.79 Å². The van der Waals surface area contributed by atoms with Crippen LogP contribution in [0.15, 0.2) is 30.3 Å². The lowest BCUT2D eigenvalue weighted by molar-refractivity contribution is -0.153. The fourth-order valence-electron chi connectivity index (χ4n) is 1.94. The molecular weight excluding hydrogens is 359 g/mol. The van der Waals surface area contributed by atoms with E-state index in [1.165, 1.54) is 18.2 Å². The molecule has 0 saturated carbocycles. The maximum absolute atomic E-state index is 12.3. The Morgan fingerprint density at radius 3 is 2.48 bits per heavy atom. The minimum Gasteiger partial charge on any atom is -0.484 e. The zero-order valence-electron chi connectivity index (χ0n) is 13.0. The Balaban J connectivity index is 2.06. The molecule has 0 aliphatic rings. The van der Waals surface area contributed by atoms with E-state index < -0.39 is 24.7 Å². The van der Waals surface area contributed by atoms with Crippen molar-refractivity contribution in [1.29, 1.82) is 0 Å². The Morgan fingerprint density at radius 2 is 1.88 bits per heavy atom. The summed E-state index contributed by atoms with van der Waals surface area (Å²) >= 11 is 0.813. The average molecular weight is 373 g/mol. The Hall–Kier alpha value is -2.55. The number of aryl methyl sites for hydroxylation is 1. The Kier molecular flexibility index (Phi) is 5.68. The van der Waals surface area contributed by atoms with E-state index in [1.807, 2.05) is 0 Å². The molecule has 0 bridgehead atoms. The number of benzene rings is 1. The summed E-state index contributed by atoms with van der Waals surface area (Å²) in [6, 6.07) is 7.40. The normalized spacial score (nSPS) is 11.2. The van der Waals surface area contributed by atoms with Crippen LogP contribution in [0.5, 0.6) is 5.75 Å². The number of nitrogens with one attached hydrogen (secondary N) is 1. The van der Waals surface area contributed by atoms with Crippen LogP contribution in [0.1, 0.15) is 30.5 Å². The molecule has 25 heavy (non-hydrogen) atoms. The Bertz CT molecular complexity index is 786. The van der Waals surface area contributed by atoms with E-state index in [0.29, 0.717) is 5.56 Å². The number of alkyl halides is 3. The third-order valence-electron chi connectivity index (χ3n) is 3.09. The molecule has 2 aromatic rings. The van der Waals surface area contributed by atoms with Crippen molar-refractivity contribution in [2.45, 2.75) is 19.6 Å². The van der Waals surface area contributed by atoms with Gasteiger partial charge in [0.15, 0.2) is 6.61 Å². The van der Waals surface area contributed by atoms with E-state index in [-0.39, 0.29) is 22.0 Å². The molecule has 134 valence electrons. The summed E-state index contributed by atoms with van der Waals surface area (Å²) < 4.78 is 41.8. The second-order valence-electron chi connectivity index (χ2n) is 5.17. The highest BCUT2D eigenvalue weighted by Crippen LogP contribution is 2.24. The van der Waals surface area contributed by atoms with Crippen LogP contribution in [0.25, 0.3) is 0 Å². The first-order valence-electron chi connectivity index (χ1n) is 7.06. The molecule has 1 aromatic carbocycles. The minimum absolute atomic E-state index is 0.0229. The first kappa shape index (κ1) is 18.8. The van der Waals surface area contributed by atoms with Crippen LogP contribution in [-0.2, 0) is 6.54 Å². The van der Waals surface area contributed by atoms with Gasteiger partial charge in [-0.1, -0.05) is 12.1 Å². The van der Waals surface area contributed by atoms with Gasteiger partial charge in [0.2, 0.25) is 0 Å². The van der Waals surface area contributed by atoms with Crippen molar-refractivity contribution in [3.63, 3.8) is 0 Å². The quantitative estimate of drug-likeness (QED) is 0.811. The third-order valence-corrected chi connectivity index (χ3v) is 4.17. The first-order chi connectivity index (χ1) is 11.7. The van der Waals surface area contributed by atoms with Gasteiger partial charge >= 0.3 is 12.1 Å². The van der Waals surface area contributed by atoms with Gasteiger partial charge in [-0.15, -0.1) is 11.3 Å². The number of rotatable bonds is 6. The number of amides is 1. The molecule has 1 heterocycles. The number of hydrogen-bond acceptors (Lipinski definition) is 4. The summed E-state index contributed by atoms with van der Waals surface area (Å²) in [6.07, 6.45) is -4.46. The summed E-state index contributed by atoms with van der Waals surface area (Å²) in [4.78, 5) is 23.1. The number of ether oxygens (including phenoxy) is 1. The Morgan fingerprint density at radius 1 is 1.20 bits per heavy atom. The lowest BCUT2D eigenvalue weighted by atomic mass is 10.1. The van der Waals surface area contributed by atoms with Gasteiger partial charge in [0, 0.05) is 12.1 Å². The molecule has 2 N–H and O–H groups in total. The van der Waals surface area contributed by atoms with Crippen molar-refractivity contribution in [3.8, 4) is 5.75 Å². The number of carboxylic acid groups (broad SMARTS) is 1. The summed E-state index contributed by atoms with van der Waals surface area (Å²) in [5.74, 6) is -1.61. The van der Waals surface area contributed by atoms with E-state index >= 15 is 0 Å². The van der Waals surface area contributed by atoms with Gasteiger partial charge in [0.1, 0.15) is 10.6 Å². The minimum atomic E-state index is -4.46. The lowest BCUT2D eigenvalue weighted by Crippen LogP contribution is -2.23. The Labute approximate surface area is 145 Å². The van der Waals surface area contributed by atoms with E-state index in [1.54, 1.807) is 19.1 Å². The smallest absolute Gasteiger partial charge is 0.422 e. The second-order valence-corrected chi connectivity index (χ2v) is 6.25. The third kappa shape index (κ3) is 5.49. The van der Waals surface area contributed by atoms with E-state index in [0.717, 1.165) is 16.9 Å². The van der Waals surface area contributed by atoms with Gasteiger partial charge < -0.3 is 15.2 Å². The zero-order chi connectivity index (χ0) is 18.6. The summed E-state index contributed by atoms with van der Waals surface area (Å²) in [7, 11) is 0. The average Bonchev–Trinajstić information content (AvgIpc) is 3.01. The fraction of sp³-hybridized carbons (Fsp3) is 0.250. The van der Waals surface area contributed by atoms with Gasteiger partial charge in [0.05, 0.1) is 4.88 Å². The molecule has 1 aromatic heterocycles. The largest absolute Gasteiger partial charge is 0.484 e. The van der Waals surface area contributed by atoms with Crippen molar-refractivity contribution >= 4 is 23.2 Å². The number of halogens is 3. The standard InChI is InChI=1S/C16H14F3NO4S/c1-9-2-3-10(11(6-9)24-8-16(17,18)19)7-20-14(21)12-4-5-13(25-12)15(22)23/h2-6H,7-8H2,1H3,(H,20,21)(H,22,23). The highest BCUT2D eigenvalue weighted by atomic mass is 32.1. The monoisotopic (exact) mass is 373 g/mol. The van der Waals surface area contributed by atoms with E-state index in [4.69, 9.17) is 9.84 Å². The van der Waals surface area contributed by atoms with Crippen LogP contribution >= 0.6 is 11.3 Å². The molecule has 9 heteroatoms. The second kappa shape index (κ2) is 7.56. The predicted octanol–water partition coefficient (Wildman–Crippen LogP) is 3.63. The molecule has 5 nitrogen and oxygen atoms in total. The molecule has 2 rings (SSSR count). The summed E-state index contributed by atoms with van der Waals surface area (Å²) in [5.41, 5.74) is 1.11. The predicted molar refractivity (Wildman–Crippen MR) is 85.2 cm³/mol. The highest BCUT2D eigenvalue weighted by Gasteiger charge is 2.28. The van der Waals surface area contributed by atoms with Crippen molar-refractivity contribution < 1.29 is 32.6 Å². The molecule has 0 saturated heterocycles. The lowest BCUT2D eigenvalue weighted by Gasteiger charge is -2.14. The van der Waals surface area contributed by atoms with Crippen LogP contribution in [0, 0.1) is 6.92 Å². The summed E-state index contributed by atoms with van der Waals surface area (Å²) in [6.45, 7) is 0.235. The van der Waals surface area contributed by atoms with Crippen LogP contribution in [-0.4, -0.2) is 29.8 Å². The van der Waals surface area contributed by atoms with Gasteiger partial charge in [-0.05, 0) is 30.7 Å². The number of carboxylic acids is 1. The van der Waals surface area contributed by atoms with Crippen molar-refractivity contribution in [2.24, 2.45) is 0 Å². The molecule has 0 radical (unpaired) electrons. The molecule has 0 spiro atoms. The van der Waals surface area contributed by atoms with Crippen LogP contribution in [0.2, 0.25) is 0 Å². The first-order valence-corrected chi connectivity index (χ1v) is 7.88. The van der Waals surface area contributed by atoms with Crippen LogP contribution in [0.4, 0.5) is 13.2 Å². The van der Waals surface area contributed by atoms with Crippen molar-refractivity contribution in [1.82, 2.24) is 5.32 Å².